The Bertz CT molecular complexity index is 1890. The summed E-state index contributed by atoms with van der Waals surface area (Å²) in [5.74, 6) is -1.29. The first-order valence-corrected chi connectivity index (χ1v) is 23.8. The topological polar surface area (TPSA) is 182 Å². The van der Waals surface area contributed by atoms with Gasteiger partial charge in [0.25, 0.3) is 5.69 Å². The summed E-state index contributed by atoms with van der Waals surface area (Å²) in [6.45, 7) is 8.78. The van der Waals surface area contributed by atoms with Crippen LogP contribution in [0.4, 0.5) is 10.5 Å². The molecule has 3 N–H and O–H groups in total. The molecule has 2 aromatic carbocycles. The SMILES string of the molecule is C=CCO[C@@]12Oc3ccc(OC(=O)NCC)cc3[C@H]3[C@H](CCCCO)[C@@H](CCCCO)C=C(C(=NOCc4ccc([N+](=O)[O-])cc4)C[C@@H]1N(C)C(=O)CCCCCCCCCCC)[C@H]32. The third-order valence-corrected chi connectivity index (χ3v) is 13.1. The quantitative estimate of drug-likeness (QED) is 0.0322. The Hall–Kier alpha value is -4.79. The number of ether oxygens (including phenoxy) is 3. The van der Waals surface area contributed by atoms with E-state index >= 15 is 0 Å². The summed E-state index contributed by atoms with van der Waals surface area (Å²) < 4.78 is 20.0. The molecule has 64 heavy (non-hydrogen) atoms. The number of fused-ring (bicyclic) bond motifs is 2. The van der Waals surface area contributed by atoms with E-state index in [2.05, 4.69) is 24.9 Å². The number of hydrogen-bond donors (Lipinski definition) is 3. The fourth-order valence-corrected chi connectivity index (χ4v) is 9.91. The van der Waals surface area contributed by atoms with Gasteiger partial charge in [0.05, 0.1) is 23.2 Å². The van der Waals surface area contributed by atoms with Crippen LogP contribution in [0, 0.1) is 27.9 Å². The molecule has 0 saturated heterocycles. The average molecular weight is 889 g/mol. The molecule has 14 nitrogen and oxygen atoms in total. The van der Waals surface area contributed by atoms with Crippen LogP contribution in [0.2, 0.25) is 0 Å². The van der Waals surface area contributed by atoms with Crippen LogP contribution in [-0.2, 0) is 21.0 Å². The van der Waals surface area contributed by atoms with Gasteiger partial charge in [-0.2, -0.15) is 0 Å². The third kappa shape index (κ3) is 12.9. The van der Waals surface area contributed by atoms with Crippen molar-refractivity contribution in [1.29, 1.82) is 0 Å². The molecule has 1 aliphatic heterocycles. The van der Waals surface area contributed by atoms with Crippen molar-refractivity contribution in [2.75, 3.05) is 33.4 Å². The maximum Gasteiger partial charge on any atom is 0.412 e. The van der Waals surface area contributed by atoms with E-state index in [4.69, 9.17) is 24.2 Å². The van der Waals surface area contributed by atoms with Crippen LogP contribution in [0.3, 0.4) is 0 Å². The van der Waals surface area contributed by atoms with Gasteiger partial charge in [0.15, 0.2) is 0 Å². The second-order valence-electron chi connectivity index (χ2n) is 17.5. The van der Waals surface area contributed by atoms with Gasteiger partial charge >= 0.3 is 6.09 Å². The zero-order valence-electron chi connectivity index (χ0n) is 38.3. The number of unbranched alkanes of at least 4 members (excludes halogenated alkanes) is 10. The smallest absolute Gasteiger partial charge is 0.412 e. The van der Waals surface area contributed by atoms with E-state index in [1.165, 1.54) is 44.2 Å². The Balaban J connectivity index is 1.61. The van der Waals surface area contributed by atoms with Crippen LogP contribution >= 0.6 is 0 Å². The molecule has 352 valence electrons. The largest absolute Gasteiger partial charge is 0.459 e. The predicted octanol–water partition coefficient (Wildman–Crippen LogP) is 9.92. The lowest BCUT2D eigenvalue weighted by atomic mass is 9.55. The maximum absolute atomic E-state index is 14.4. The lowest BCUT2D eigenvalue weighted by Crippen LogP contribution is -2.69. The lowest BCUT2D eigenvalue weighted by molar-refractivity contribution is -0.384. The predicted molar refractivity (Wildman–Crippen MR) is 247 cm³/mol. The Morgan fingerprint density at radius 2 is 1.66 bits per heavy atom. The van der Waals surface area contributed by atoms with Crippen molar-refractivity contribution in [3.63, 3.8) is 0 Å². The number of amides is 2. The first kappa shape index (κ1) is 50.2. The zero-order chi connectivity index (χ0) is 45.9. The Labute approximate surface area is 379 Å². The number of nitrogens with one attached hydrogen (secondary N) is 1. The number of carbonyl (C=O) groups is 2. The second kappa shape index (κ2) is 25.6. The first-order valence-electron chi connectivity index (χ1n) is 23.8. The number of hydrogen-bond acceptors (Lipinski definition) is 11. The molecular weight excluding hydrogens is 817 g/mol. The van der Waals surface area contributed by atoms with Gasteiger partial charge in [0, 0.05) is 63.3 Å². The summed E-state index contributed by atoms with van der Waals surface area (Å²) in [6.07, 6.45) is 18.6. The number of benzene rings is 2. The highest BCUT2D eigenvalue weighted by Gasteiger charge is 2.65. The molecule has 1 heterocycles. The summed E-state index contributed by atoms with van der Waals surface area (Å²) in [5.41, 5.74) is 3.04. The number of rotatable bonds is 28. The standard InChI is InChI=1S/C50H72N4O10/c1-5-8-9-10-11-12-13-14-15-22-46(57)53(4)45-34-43(52-62-35-36-23-25-38(26-24-36)54(59)60)41-32-37(20-16-18-29-55)40(21-17-19-30-56)47-42-33-39(63-49(58)51-7-3)27-28-44(42)64-50(45,48(41)47)61-31-6-2/h6,23-28,32-33,37,40,45,47-48,55-56H,2,5,7-22,29-31,34-35H2,1,3-4H3,(H,51,58)/t37-,40+,45-,47+,48+,50+/m0/s1. The lowest BCUT2D eigenvalue weighted by Gasteiger charge is -2.59. The number of nitro groups is 1. The number of non-ortho nitro benzene ring substituents is 1. The number of carbonyl (C=O) groups excluding carboxylic acids is 2. The molecule has 14 heteroatoms. The average Bonchev–Trinajstić information content (AvgIpc) is 3.29. The monoisotopic (exact) mass is 889 g/mol. The van der Waals surface area contributed by atoms with Crippen molar-refractivity contribution < 1.29 is 43.8 Å². The van der Waals surface area contributed by atoms with E-state index in [9.17, 15) is 29.9 Å². The fraction of sp³-hybridized carbons (Fsp3) is 0.620. The van der Waals surface area contributed by atoms with Crippen LogP contribution in [0.1, 0.15) is 140 Å². The minimum absolute atomic E-state index is 0.00271. The summed E-state index contributed by atoms with van der Waals surface area (Å²) in [7, 11) is 1.82. The normalized spacial score (nSPS) is 22.7. The molecule has 6 atom stereocenters. The van der Waals surface area contributed by atoms with Gasteiger partial charge in [0.1, 0.15) is 24.1 Å². The Morgan fingerprint density at radius 1 is 0.969 bits per heavy atom. The third-order valence-electron chi connectivity index (χ3n) is 13.1. The van der Waals surface area contributed by atoms with Crippen molar-refractivity contribution >= 4 is 23.4 Å². The van der Waals surface area contributed by atoms with Crippen LogP contribution in [0.25, 0.3) is 0 Å². The molecule has 2 amide bonds. The number of aliphatic hydroxyl groups is 2. The molecule has 0 aromatic heterocycles. The number of allylic oxidation sites excluding steroid dienone is 1. The minimum atomic E-state index is -1.40. The molecular formula is C50H72N4O10. The van der Waals surface area contributed by atoms with E-state index in [0.29, 0.717) is 48.6 Å². The van der Waals surface area contributed by atoms with Crippen molar-refractivity contribution in [2.45, 2.75) is 147 Å². The molecule has 3 aliphatic rings. The van der Waals surface area contributed by atoms with Gasteiger partial charge in [-0.3, -0.25) is 14.9 Å². The van der Waals surface area contributed by atoms with Crippen LogP contribution in [0.5, 0.6) is 11.5 Å². The van der Waals surface area contributed by atoms with Gasteiger partial charge in [-0.25, -0.2) is 4.79 Å². The van der Waals surface area contributed by atoms with Crippen LogP contribution in [-0.4, -0.2) is 83.0 Å². The Morgan fingerprint density at radius 3 is 2.31 bits per heavy atom. The van der Waals surface area contributed by atoms with Gasteiger partial charge in [0.2, 0.25) is 11.7 Å². The highest BCUT2D eigenvalue weighted by Crippen LogP contribution is 2.62. The van der Waals surface area contributed by atoms with E-state index in [1.54, 1.807) is 29.2 Å². The van der Waals surface area contributed by atoms with Crippen LogP contribution in [0.15, 0.2) is 71.9 Å². The van der Waals surface area contributed by atoms with Crippen LogP contribution < -0.4 is 14.8 Å². The summed E-state index contributed by atoms with van der Waals surface area (Å²) in [5, 5.41) is 38.7. The molecule has 1 saturated carbocycles. The number of aliphatic hydroxyl groups excluding tert-OH is 2. The van der Waals surface area contributed by atoms with Gasteiger partial charge in [-0.05, 0) is 92.3 Å². The number of likely N-dealkylation sites (N-methyl/N-ethyl adjacent to an activating group) is 1. The Kier molecular flexibility index (Phi) is 20.1. The molecule has 2 aromatic rings. The van der Waals surface area contributed by atoms with Crippen molar-refractivity contribution in [2.24, 2.45) is 22.9 Å². The zero-order valence-corrected chi connectivity index (χ0v) is 38.3. The summed E-state index contributed by atoms with van der Waals surface area (Å²) >= 11 is 0. The van der Waals surface area contributed by atoms with E-state index in [-0.39, 0.29) is 62.2 Å². The number of nitrogens with zero attached hydrogens (tertiary/aromatic N) is 3. The van der Waals surface area contributed by atoms with E-state index < -0.39 is 28.8 Å². The number of nitro benzene ring substituents is 1. The highest BCUT2D eigenvalue weighted by atomic mass is 16.7. The van der Waals surface area contributed by atoms with Gasteiger partial charge in [-0.15, -0.1) is 6.58 Å². The molecule has 0 radical (unpaired) electrons. The molecule has 0 spiro atoms. The van der Waals surface area contributed by atoms with Gasteiger partial charge < -0.3 is 39.5 Å². The minimum Gasteiger partial charge on any atom is -0.459 e. The molecule has 1 fully saturated rings. The highest BCUT2D eigenvalue weighted by molar-refractivity contribution is 6.03. The summed E-state index contributed by atoms with van der Waals surface area (Å²) in [4.78, 5) is 45.9. The van der Waals surface area contributed by atoms with E-state index in [1.807, 2.05) is 26.1 Å². The fourth-order valence-electron chi connectivity index (χ4n) is 9.91. The first-order chi connectivity index (χ1) is 31.1. The van der Waals surface area contributed by atoms with Crippen molar-refractivity contribution in [1.82, 2.24) is 10.2 Å². The van der Waals surface area contributed by atoms with Crippen molar-refractivity contribution in [3.05, 3.63) is 88.0 Å². The molecule has 0 unspecified atom stereocenters. The maximum atomic E-state index is 14.4. The van der Waals surface area contributed by atoms with E-state index in [0.717, 1.165) is 62.5 Å². The molecule has 5 rings (SSSR count). The summed E-state index contributed by atoms with van der Waals surface area (Å²) in [6, 6.07) is 10.9. The van der Waals surface area contributed by atoms with Gasteiger partial charge in [-0.1, -0.05) is 88.4 Å². The number of oxime groups is 1. The molecule has 0 bridgehead atoms. The second-order valence-corrected chi connectivity index (χ2v) is 17.5. The van der Waals surface area contributed by atoms with Crippen molar-refractivity contribution in [3.8, 4) is 11.5 Å². The molecule has 2 aliphatic carbocycles.